The van der Waals surface area contributed by atoms with Crippen molar-refractivity contribution in [3.8, 4) is 11.5 Å². The fourth-order valence-electron chi connectivity index (χ4n) is 4.37. The Morgan fingerprint density at radius 2 is 1.88 bits per heavy atom. The Hall–Kier alpha value is -3.68. The summed E-state index contributed by atoms with van der Waals surface area (Å²) in [6.45, 7) is 2.66. The highest BCUT2D eigenvalue weighted by atomic mass is 19.1. The van der Waals surface area contributed by atoms with Crippen LogP contribution in [0.4, 0.5) is 16.0 Å². The zero-order chi connectivity index (χ0) is 24.1. The molecule has 0 spiro atoms. The molecule has 1 saturated heterocycles. The number of aromatic nitrogens is 2. The number of hydrogen-bond donors (Lipinski definition) is 1. The van der Waals surface area contributed by atoms with Gasteiger partial charge in [-0.2, -0.15) is 4.39 Å². The van der Waals surface area contributed by atoms with E-state index in [2.05, 4.69) is 15.3 Å². The van der Waals surface area contributed by atoms with Gasteiger partial charge in [-0.3, -0.25) is 4.79 Å². The van der Waals surface area contributed by atoms with Gasteiger partial charge in [-0.1, -0.05) is 24.3 Å². The van der Waals surface area contributed by atoms with Crippen molar-refractivity contribution in [3.05, 3.63) is 71.3 Å². The van der Waals surface area contributed by atoms with Crippen LogP contribution in [0.15, 0.2) is 48.8 Å². The molecule has 0 bridgehead atoms. The lowest BCUT2D eigenvalue weighted by Crippen LogP contribution is -2.25. The van der Waals surface area contributed by atoms with Crippen molar-refractivity contribution in [2.45, 2.75) is 38.8 Å². The summed E-state index contributed by atoms with van der Waals surface area (Å²) >= 11 is 0. The average molecular weight is 465 g/mol. The van der Waals surface area contributed by atoms with E-state index in [-0.39, 0.29) is 23.5 Å². The molecule has 1 unspecified atom stereocenters. The number of hydrogen-bond acceptors (Lipinski definition) is 7. The van der Waals surface area contributed by atoms with Gasteiger partial charge in [0.1, 0.15) is 23.6 Å². The van der Waals surface area contributed by atoms with Gasteiger partial charge >= 0.3 is 0 Å². The van der Waals surface area contributed by atoms with Gasteiger partial charge < -0.3 is 19.7 Å². The lowest BCUT2D eigenvalue weighted by molar-refractivity contribution is -0.116. The number of halogens is 1. The van der Waals surface area contributed by atoms with Crippen molar-refractivity contribution in [1.29, 1.82) is 0 Å². The summed E-state index contributed by atoms with van der Waals surface area (Å²) in [5, 5.41) is 3.08. The van der Waals surface area contributed by atoms with Crippen LogP contribution in [0, 0.1) is 5.82 Å². The molecule has 7 nitrogen and oxygen atoms in total. The molecule has 34 heavy (non-hydrogen) atoms. The van der Waals surface area contributed by atoms with Gasteiger partial charge in [0.2, 0.25) is 5.82 Å². The number of ether oxygens (including phenoxy) is 2. The number of carbonyl (C=O) groups excluding carboxylic acids is 1. The molecule has 0 saturated carbocycles. The fraction of sp³-hybridized carbons (Fsp3) is 0.346. The molecule has 1 aromatic heterocycles. The highest BCUT2D eigenvalue weighted by Crippen LogP contribution is 2.41. The van der Waals surface area contributed by atoms with E-state index in [1.54, 1.807) is 21.1 Å². The minimum atomic E-state index is -0.477. The number of anilines is 2. The summed E-state index contributed by atoms with van der Waals surface area (Å²) in [7, 11) is 3.24. The number of Topliss-reactive ketones (excluding diaryl/α,β-unsaturated/α-hetero) is 1. The van der Waals surface area contributed by atoms with Gasteiger partial charge in [0.15, 0.2) is 11.6 Å². The van der Waals surface area contributed by atoms with Crippen LogP contribution in [0.3, 0.4) is 0 Å². The number of methoxy groups -OCH3 is 2. The third-order valence-corrected chi connectivity index (χ3v) is 6.03. The number of nitrogens with zero attached hydrogens (tertiary/aromatic N) is 3. The maximum atomic E-state index is 15.5. The minimum Gasteiger partial charge on any atom is -0.497 e. The number of rotatable bonds is 9. The van der Waals surface area contributed by atoms with E-state index in [4.69, 9.17) is 9.47 Å². The maximum absolute atomic E-state index is 15.5. The summed E-state index contributed by atoms with van der Waals surface area (Å²) in [6, 6.07) is 13.3. The number of benzene rings is 2. The molecule has 1 aliphatic heterocycles. The number of carbonyl (C=O) groups is 1. The fourth-order valence-corrected chi connectivity index (χ4v) is 4.37. The highest BCUT2D eigenvalue weighted by Gasteiger charge is 2.32. The summed E-state index contributed by atoms with van der Waals surface area (Å²) < 4.78 is 26.4. The number of ketones is 1. The van der Waals surface area contributed by atoms with Gasteiger partial charge in [-0.05, 0) is 43.0 Å². The quantitative estimate of drug-likeness (QED) is 0.491. The highest BCUT2D eigenvalue weighted by molar-refractivity contribution is 5.78. The molecule has 0 aliphatic carbocycles. The molecule has 178 valence electrons. The SMILES string of the molecule is COc1ccc(C2CCCN2c2ncnc(NCc3ccc(CC(C)=O)cc3)c2F)c(OC)c1. The monoisotopic (exact) mass is 464 g/mol. The third-order valence-electron chi connectivity index (χ3n) is 6.03. The van der Waals surface area contributed by atoms with Crippen LogP contribution in [0.1, 0.15) is 42.5 Å². The van der Waals surface area contributed by atoms with Gasteiger partial charge in [0.05, 0.1) is 20.3 Å². The van der Waals surface area contributed by atoms with Gasteiger partial charge in [0.25, 0.3) is 0 Å². The molecular weight excluding hydrogens is 435 g/mol. The first-order valence-electron chi connectivity index (χ1n) is 11.3. The summed E-state index contributed by atoms with van der Waals surface area (Å²) in [5.74, 6) is 1.49. The Kier molecular flexibility index (Phi) is 7.25. The Labute approximate surface area is 198 Å². The maximum Gasteiger partial charge on any atom is 0.207 e. The molecule has 2 heterocycles. The topological polar surface area (TPSA) is 76.6 Å². The largest absolute Gasteiger partial charge is 0.497 e. The van der Waals surface area contributed by atoms with Crippen molar-refractivity contribution in [2.24, 2.45) is 0 Å². The van der Waals surface area contributed by atoms with Crippen LogP contribution in [0.2, 0.25) is 0 Å². The Balaban J connectivity index is 1.52. The van der Waals surface area contributed by atoms with E-state index in [1.807, 2.05) is 47.4 Å². The Bertz CT molecular complexity index is 1150. The average Bonchev–Trinajstić information content (AvgIpc) is 3.33. The molecule has 1 fully saturated rings. The van der Waals surface area contributed by atoms with Gasteiger partial charge in [0, 0.05) is 31.1 Å². The molecule has 1 aliphatic rings. The smallest absolute Gasteiger partial charge is 0.207 e. The summed E-state index contributed by atoms with van der Waals surface area (Å²) in [5.41, 5.74) is 2.90. The van der Waals surface area contributed by atoms with Crippen molar-refractivity contribution in [3.63, 3.8) is 0 Å². The standard InChI is InChI=1S/C26H29FN4O3/c1-17(32)13-18-6-8-19(9-7-18)15-28-25-24(27)26(30-16-29-25)31-12-4-5-22(31)21-11-10-20(33-2)14-23(21)34-3/h6-11,14,16,22H,4-5,12-13,15H2,1-3H3,(H,28,29,30). The molecule has 3 aromatic rings. The van der Waals surface area contributed by atoms with E-state index in [0.717, 1.165) is 29.5 Å². The van der Waals surface area contributed by atoms with E-state index in [0.29, 0.717) is 31.0 Å². The lowest BCUT2D eigenvalue weighted by atomic mass is 10.0. The van der Waals surface area contributed by atoms with E-state index >= 15 is 4.39 Å². The van der Waals surface area contributed by atoms with Crippen molar-refractivity contribution in [2.75, 3.05) is 31.0 Å². The Morgan fingerprint density at radius 3 is 2.59 bits per heavy atom. The third kappa shape index (κ3) is 5.11. The molecule has 8 heteroatoms. The van der Waals surface area contributed by atoms with Gasteiger partial charge in [-0.25, -0.2) is 9.97 Å². The zero-order valence-electron chi connectivity index (χ0n) is 19.7. The first kappa shape index (κ1) is 23.5. The second kappa shape index (κ2) is 10.5. The molecular formula is C26H29FN4O3. The van der Waals surface area contributed by atoms with Crippen molar-refractivity contribution < 1.29 is 18.7 Å². The van der Waals surface area contributed by atoms with Crippen molar-refractivity contribution >= 4 is 17.4 Å². The van der Waals surface area contributed by atoms with Gasteiger partial charge in [-0.15, -0.1) is 0 Å². The normalized spacial score (nSPS) is 15.3. The predicted molar refractivity (Wildman–Crippen MR) is 129 cm³/mol. The van der Waals surface area contributed by atoms with E-state index < -0.39 is 5.82 Å². The van der Waals surface area contributed by atoms with Crippen LogP contribution >= 0.6 is 0 Å². The van der Waals surface area contributed by atoms with Crippen LogP contribution in [-0.2, 0) is 17.8 Å². The second-order valence-corrected chi connectivity index (χ2v) is 8.37. The molecule has 2 aromatic carbocycles. The molecule has 0 amide bonds. The predicted octanol–water partition coefficient (Wildman–Crippen LogP) is 4.72. The van der Waals surface area contributed by atoms with Crippen LogP contribution < -0.4 is 19.7 Å². The molecule has 4 rings (SSSR count). The lowest BCUT2D eigenvalue weighted by Gasteiger charge is -2.28. The molecule has 1 N–H and O–H groups in total. The summed E-state index contributed by atoms with van der Waals surface area (Å²) in [4.78, 5) is 21.7. The molecule has 0 radical (unpaired) electrons. The number of nitrogens with one attached hydrogen (secondary N) is 1. The van der Waals surface area contributed by atoms with E-state index in [9.17, 15) is 4.79 Å². The first-order valence-corrected chi connectivity index (χ1v) is 11.3. The Morgan fingerprint density at radius 1 is 1.12 bits per heavy atom. The summed E-state index contributed by atoms with van der Waals surface area (Å²) in [6.07, 6.45) is 3.57. The van der Waals surface area contributed by atoms with Crippen molar-refractivity contribution in [1.82, 2.24) is 9.97 Å². The van der Waals surface area contributed by atoms with Crippen LogP contribution in [0.5, 0.6) is 11.5 Å². The minimum absolute atomic E-state index is 0.0630. The first-order chi connectivity index (χ1) is 16.5. The van der Waals surface area contributed by atoms with E-state index in [1.165, 1.54) is 6.33 Å². The van der Waals surface area contributed by atoms with Crippen LogP contribution in [-0.4, -0.2) is 36.5 Å². The molecule has 1 atom stereocenters. The van der Waals surface area contributed by atoms with Crippen LogP contribution in [0.25, 0.3) is 0 Å². The zero-order valence-corrected chi connectivity index (χ0v) is 19.7. The second-order valence-electron chi connectivity index (χ2n) is 8.37.